The third-order valence-electron chi connectivity index (χ3n) is 5.14. The number of nitrogens with two attached hydrogens (primary N) is 1. The molecule has 0 saturated heterocycles. The summed E-state index contributed by atoms with van der Waals surface area (Å²) in [5.74, 6) is -0.815. The van der Waals surface area contributed by atoms with Crippen LogP contribution in [-0.4, -0.2) is 51.0 Å². The number of carbonyl (C=O) groups is 2. The van der Waals surface area contributed by atoms with Crippen molar-refractivity contribution < 1.29 is 18.0 Å². The van der Waals surface area contributed by atoms with Gasteiger partial charge in [0.2, 0.25) is 15.9 Å². The Balaban J connectivity index is 2.55. The molecule has 2 rings (SSSR count). The normalized spacial score (nSPS) is 14.4. The highest BCUT2D eigenvalue weighted by Gasteiger charge is 2.32. The number of hydrogen-bond acceptors (Lipinski definition) is 4. The lowest BCUT2D eigenvalue weighted by Crippen LogP contribution is -2.45. The fraction of sp³-hybridized carbons (Fsp3) is 0.579. The van der Waals surface area contributed by atoms with Gasteiger partial charge in [-0.25, -0.2) is 8.42 Å². The molecule has 1 heterocycles. The second kappa shape index (κ2) is 8.29. The Kier molecular flexibility index (Phi) is 6.51. The Hall–Kier alpha value is -2.09. The van der Waals surface area contributed by atoms with Gasteiger partial charge in [0.05, 0.1) is 11.9 Å². The molecule has 7 nitrogen and oxygen atoms in total. The average molecular weight is 396 g/mol. The number of anilines is 1. The number of carbonyl (C=O) groups excluding carboxylic acids is 2. The van der Waals surface area contributed by atoms with Crippen molar-refractivity contribution in [1.29, 1.82) is 0 Å². The number of fused-ring (bicyclic) bond motifs is 1. The lowest BCUT2D eigenvalue weighted by Gasteiger charge is -2.36. The van der Waals surface area contributed by atoms with Crippen LogP contribution in [0.25, 0.3) is 0 Å². The van der Waals surface area contributed by atoms with Gasteiger partial charge in [0.25, 0.3) is 5.91 Å². The van der Waals surface area contributed by atoms with Gasteiger partial charge >= 0.3 is 0 Å². The lowest BCUT2D eigenvalue weighted by atomic mass is 9.90. The molecule has 0 spiro atoms. The van der Waals surface area contributed by atoms with Crippen molar-refractivity contribution in [2.45, 2.75) is 52.0 Å². The Bertz CT molecular complexity index is 830. The minimum Gasteiger partial charge on any atom is -0.366 e. The van der Waals surface area contributed by atoms with Crippen molar-refractivity contribution in [2.24, 2.45) is 5.73 Å². The molecule has 0 atom stereocenters. The van der Waals surface area contributed by atoms with Crippen LogP contribution in [0.2, 0.25) is 0 Å². The fourth-order valence-corrected chi connectivity index (χ4v) is 4.16. The molecule has 0 aliphatic carbocycles. The molecule has 2 amide bonds. The summed E-state index contributed by atoms with van der Waals surface area (Å²) < 4.78 is 24.9. The second-order valence-corrected chi connectivity index (χ2v) is 9.11. The van der Waals surface area contributed by atoms with Gasteiger partial charge in [-0.1, -0.05) is 26.7 Å². The third kappa shape index (κ3) is 4.43. The molecule has 0 radical (unpaired) electrons. The smallest absolute Gasteiger partial charge is 0.254 e. The number of primary amides is 1. The molecular weight excluding hydrogens is 366 g/mol. The molecule has 0 unspecified atom stereocenters. The van der Waals surface area contributed by atoms with E-state index in [9.17, 15) is 18.0 Å². The number of sulfonamides is 1. The monoisotopic (exact) mass is 395 g/mol. The number of amides is 2. The topological polar surface area (TPSA) is 101 Å². The van der Waals surface area contributed by atoms with Crippen LogP contribution in [0, 0.1) is 0 Å². The van der Waals surface area contributed by atoms with Crippen molar-refractivity contribution in [3.05, 3.63) is 28.8 Å². The molecule has 2 N–H and O–H groups in total. The molecular formula is C19H29N3O4S. The van der Waals surface area contributed by atoms with Gasteiger partial charge in [0.1, 0.15) is 0 Å². The first-order chi connectivity index (χ1) is 12.6. The summed E-state index contributed by atoms with van der Waals surface area (Å²) in [6.45, 7) is 4.73. The van der Waals surface area contributed by atoms with E-state index in [-0.39, 0.29) is 23.2 Å². The first kappa shape index (κ1) is 21.2. The van der Waals surface area contributed by atoms with Crippen LogP contribution in [0.5, 0.6) is 0 Å². The van der Waals surface area contributed by atoms with Gasteiger partial charge in [-0.3, -0.25) is 13.9 Å². The van der Waals surface area contributed by atoms with Gasteiger partial charge in [0.15, 0.2) is 0 Å². The minimum atomic E-state index is -3.53. The van der Waals surface area contributed by atoms with Crippen molar-refractivity contribution in [3.63, 3.8) is 0 Å². The van der Waals surface area contributed by atoms with E-state index in [1.807, 2.05) is 4.90 Å². The molecule has 0 aromatic heterocycles. The van der Waals surface area contributed by atoms with E-state index in [1.54, 1.807) is 6.07 Å². The van der Waals surface area contributed by atoms with E-state index in [2.05, 4.69) is 13.8 Å². The molecule has 0 saturated carbocycles. The summed E-state index contributed by atoms with van der Waals surface area (Å²) >= 11 is 0. The summed E-state index contributed by atoms with van der Waals surface area (Å²) in [4.78, 5) is 27.0. The van der Waals surface area contributed by atoms with Crippen LogP contribution < -0.4 is 10.0 Å². The van der Waals surface area contributed by atoms with E-state index in [0.29, 0.717) is 24.1 Å². The summed E-state index contributed by atoms with van der Waals surface area (Å²) in [5, 5.41) is 0. The average Bonchev–Trinajstić information content (AvgIpc) is 2.59. The van der Waals surface area contributed by atoms with E-state index in [4.69, 9.17) is 5.73 Å². The molecule has 1 aromatic carbocycles. The third-order valence-corrected chi connectivity index (χ3v) is 6.35. The summed E-state index contributed by atoms with van der Waals surface area (Å²) in [5.41, 5.74) is 6.99. The van der Waals surface area contributed by atoms with Crippen molar-refractivity contribution in [1.82, 2.24) is 4.90 Å². The zero-order valence-electron chi connectivity index (χ0n) is 16.5. The van der Waals surface area contributed by atoms with Crippen LogP contribution in [0.1, 0.15) is 65.8 Å². The van der Waals surface area contributed by atoms with Gasteiger partial charge in [-0.05, 0) is 37.0 Å². The van der Waals surface area contributed by atoms with Crippen molar-refractivity contribution >= 4 is 27.5 Å². The molecule has 1 aliphatic heterocycles. The number of benzene rings is 1. The van der Waals surface area contributed by atoms with Crippen LogP contribution in [-0.2, 0) is 16.4 Å². The highest BCUT2D eigenvalue weighted by atomic mass is 32.2. The number of hydrogen-bond donors (Lipinski definition) is 1. The first-order valence-electron chi connectivity index (χ1n) is 9.33. The molecule has 1 aliphatic rings. The molecule has 0 fully saturated rings. The highest BCUT2D eigenvalue weighted by molar-refractivity contribution is 7.92. The minimum absolute atomic E-state index is 0.147. The standard InChI is InChI=1S/C19H29N3O4S/c1-5-7-13(8-6-2)22-10-9-15-16(18(20)23)11-14(12-17(15)19(22)24)21(3)27(4,25)26/h11-13H,5-10H2,1-4H3,(H2,20,23). The first-order valence-corrected chi connectivity index (χ1v) is 11.2. The highest BCUT2D eigenvalue weighted by Crippen LogP contribution is 2.31. The van der Waals surface area contributed by atoms with Crippen LogP contribution in [0.3, 0.4) is 0 Å². The Morgan fingerprint density at radius 3 is 2.33 bits per heavy atom. The maximum absolute atomic E-state index is 13.2. The summed E-state index contributed by atoms with van der Waals surface area (Å²) in [6.07, 6.45) is 5.39. The van der Waals surface area contributed by atoms with Crippen molar-refractivity contribution in [2.75, 3.05) is 24.2 Å². The molecule has 27 heavy (non-hydrogen) atoms. The fourth-order valence-electron chi connectivity index (χ4n) is 3.67. The lowest BCUT2D eigenvalue weighted by molar-refractivity contribution is 0.0637. The largest absolute Gasteiger partial charge is 0.366 e. The maximum atomic E-state index is 13.2. The van der Waals surface area contributed by atoms with Crippen molar-refractivity contribution in [3.8, 4) is 0 Å². The predicted octanol–water partition coefficient (Wildman–Crippen LogP) is 2.15. The number of rotatable bonds is 8. The molecule has 150 valence electrons. The van der Waals surface area contributed by atoms with Gasteiger partial charge in [-0.15, -0.1) is 0 Å². The van der Waals surface area contributed by atoms with E-state index in [1.165, 1.54) is 13.1 Å². The van der Waals surface area contributed by atoms with Gasteiger partial charge in [-0.2, -0.15) is 0 Å². The SMILES string of the molecule is CCCC(CCC)N1CCc2c(C(N)=O)cc(N(C)S(C)(=O)=O)cc2C1=O. The zero-order chi connectivity index (χ0) is 20.4. The quantitative estimate of drug-likeness (QED) is 0.729. The van der Waals surface area contributed by atoms with Crippen LogP contribution in [0.4, 0.5) is 5.69 Å². The second-order valence-electron chi connectivity index (χ2n) is 7.09. The van der Waals surface area contributed by atoms with Gasteiger partial charge < -0.3 is 10.6 Å². The Labute approximate surface area is 161 Å². The van der Waals surface area contributed by atoms with E-state index < -0.39 is 15.9 Å². The molecule has 0 bridgehead atoms. The van der Waals surface area contributed by atoms with Gasteiger partial charge in [0, 0.05) is 30.8 Å². The summed E-state index contributed by atoms with van der Waals surface area (Å²) in [6, 6.07) is 3.17. The molecule has 8 heteroatoms. The van der Waals surface area contributed by atoms with E-state index >= 15 is 0 Å². The zero-order valence-corrected chi connectivity index (χ0v) is 17.3. The number of nitrogens with zero attached hydrogens (tertiary/aromatic N) is 2. The summed E-state index contributed by atoms with van der Waals surface area (Å²) in [7, 11) is -2.14. The van der Waals surface area contributed by atoms with E-state index in [0.717, 1.165) is 36.2 Å². The maximum Gasteiger partial charge on any atom is 0.254 e. The molecule has 1 aromatic rings. The predicted molar refractivity (Wildman–Crippen MR) is 107 cm³/mol. The van der Waals surface area contributed by atoms with Crippen LogP contribution >= 0.6 is 0 Å². The van der Waals surface area contributed by atoms with Crippen LogP contribution in [0.15, 0.2) is 12.1 Å². The Morgan fingerprint density at radius 1 is 1.26 bits per heavy atom. The Morgan fingerprint density at radius 2 is 1.85 bits per heavy atom.